The minimum Gasteiger partial charge on any atom is -0.485 e. The molecule has 4 nitrogen and oxygen atoms in total. The first-order valence-corrected chi connectivity index (χ1v) is 6.62. The number of halogens is 1. The van der Waals surface area contributed by atoms with Crippen LogP contribution in [0.3, 0.4) is 0 Å². The van der Waals surface area contributed by atoms with Crippen molar-refractivity contribution >= 4 is 0 Å². The Kier molecular flexibility index (Phi) is 5.01. The Morgan fingerprint density at radius 3 is 2.75 bits per heavy atom. The van der Waals surface area contributed by atoms with E-state index in [-0.39, 0.29) is 18.5 Å². The number of benzene rings is 1. The van der Waals surface area contributed by atoms with E-state index in [0.29, 0.717) is 11.6 Å². The van der Waals surface area contributed by atoms with E-state index in [1.54, 1.807) is 24.5 Å². The molecule has 0 spiro atoms. The average molecular weight is 275 g/mol. The van der Waals surface area contributed by atoms with Crippen LogP contribution in [0.1, 0.15) is 31.3 Å². The van der Waals surface area contributed by atoms with Crippen LogP contribution in [-0.4, -0.2) is 16.5 Å². The highest BCUT2D eigenvalue weighted by molar-refractivity contribution is 5.36. The maximum atomic E-state index is 13.4. The molecule has 5 heteroatoms. The highest BCUT2D eigenvalue weighted by Gasteiger charge is 2.12. The van der Waals surface area contributed by atoms with Crippen molar-refractivity contribution in [2.24, 2.45) is 0 Å². The van der Waals surface area contributed by atoms with Gasteiger partial charge < -0.3 is 10.1 Å². The molecule has 1 N–H and O–H groups in total. The zero-order valence-electron chi connectivity index (χ0n) is 11.6. The van der Waals surface area contributed by atoms with Crippen LogP contribution in [0.5, 0.6) is 5.75 Å². The molecule has 106 valence electrons. The van der Waals surface area contributed by atoms with Gasteiger partial charge in [0.15, 0.2) is 5.82 Å². The van der Waals surface area contributed by atoms with E-state index in [0.717, 1.165) is 12.1 Å². The number of hydrogen-bond acceptors (Lipinski definition) is 4. The largest absolute Gasteiger partial charge is 0.485 e. The summed E-state index contributed by atoms with van der Waals surface area (Å²) in [6, 6.07) is 6.29. The Hall–Kier alpha value is -2.01. The molecule has 0 saturated heterocycles. The molecule has 0 fully saturated rings. The van der Waals surface area contributed by atoms with Crippen molar-refractivity contribution in [2.75, 3.05) is 6.54 Å². The standard InChI is InChI=1S/C15H18FN3O/c1-3-17-11(2)13-9-12(16)5-6-14(13)20-10-15-18-7-4-8-19-15/h4-9,11,17H,3,10H2,1-2H3. The van der Waals surface area contributed by atoms with Gasteiger partial charge in [-0.25, -0.2) is 14.4 Å². The first-order valence-electron chi connectivity index (χ1n) is 6.62. The van der Waals surface area contributed by atoms with Gasteiger partial charge >= 0.3 is 0 Å². The van der Waals surface area contributed by atoms with E-state index in [1.807, 2.05) is 13.8 Å². The number of nitrogens with zero attached hydrogens (tertiary/aromatic N) is 2. The van der Waals surface area contributed by atoms with Crippen molar-refractivity contribution in [1.29, 1.82) is 0 Å². The number of nitrogens with one attached hydrogen (secondary N) is 1. The summed E-state index contributed by atoms with van der Waals surface area (Å²) in [5.74, 6) is 0.972. The van der Waals surface area contributed by atoms with Gasteiger partial charge in [-0.15, -0.1) is 0 Å². The zero-order valence-corrected chi connectivity index (χ0v) is 11.6. The van der Waals surface area contributed by atoms with Gasteiger partial charge in [0.2, 0.25) is 0 Å². The number of ether oxygens (including phenoxy) is 1. The fourth-order valence-corrected chi connectivity index (χ4v) is 1.95. The van der Waals surface area contributed by atoms with E-state index >= 15 is 0 Å². The van der Waals surface area contributed by atoms with Gasteiger partial charge in [0, 0.05) is 24.0 Å². The van der Waals surface area contributed by atoms with Crippen LogP contribution >= 0.6 is 0 Å². The lowest BCUT2D eigenvalue weighted by Gasteiger charge is -2.17. The maximum absolute atomic E-state index is 13.4. The van der Waals surface area contributed by atoms with Crippen LogP contribution in [-0.2, 0) is 6.61 Å². The third-order valence-corrected chi connectivity index (χ3v) is 2.92. The lowest BCUT2D eigenvalue weighted by Crippen LogP contribution is -2.18. The Morgan fingerprint density at radius 2 is 2.05 bits per heavy atom. The molecule has 1 atom stereocenters. The van der Waals surface area contributed by atoms with Crippen molar-refractivity contribution in [2.45, 2.75) is 26.5 Å². The Bertz CT molecular complexity index is 548. The molecule has 1 heterocycles. The third kappa shape index (κ3) is 3.74. The van der Waals surface area contributed by atoms with Gasteiger partial charge in [-0.1, -0.05) is 6.92 Å². The maximum Gasteiger partial charge on any atom is 0.166 e. The van der Waals surface area contributed by atoms with E-state index < -0.39 is 0 Å². The van der Waals surface area contributed by atoms with Gasteiger partial charge in [-0.3, -0.25) is 0 Å². The molecule has 0 bridgehead atoms. The van der Waals surface area contributed by atoms with Crippen molar-refractivity contribution in [3.63, 3.8) is 0 Å². The van der Waals surface area contributed by atoms with Crippen LogP contribution in [0.2, 0.25) is 0 Å². The minimum absolute atomic E-state index is 0.0161. The summed E-state index contributed by atoms with van der Waals surface area (Å²) in [6.45, 7) is 5.05. The van der Waals surface area contributed by atoms with Crippen molar-refractivity contribution < 1.29 is 9.13 Å². The summed E-state index contributed by atoms with van der Waals surface area (Å²) in [7, 11) is 0. The fraction of sp³-hybridized carbons (Fsp3) is 0.333. The fourth-order valence-electron chi connectivity index (χ4n) is 1.95. The molecule has 1 aromatic carbocycles. The number of aromatic nitrogens is 2. The highest BCUT2D eigenvalue weighted by atomic mass is 19.1. The van der Waals surface area contributed by atoms with Crippen molar-refractivity contribution in [3.05, 3.63) is 53.9 Å². The van der Waals surface area contributed by atoms with E-state index in [1.165, 1.54) is 12.1 Å². The molecular weight excluding hydrogens is 257 g/mol. The predicted octanol–water partition coefficient (Wildman–Crippen LogP) is 2.87. The van der Waals surface area contributed by atoms with E-state index in [9.17, 15) is 4.39 Å². The summed E-state index contributed by atoms with van der Waals surface area (Å²) in [6.07, 6.45) is 3.33. The molecule has 1 aromatic heterocycles. The average Bonchev–Trinajstić information content (AvgIpc) is 2.47. The molecule has 1 unspecified atom stereocenters. The Morgan fingerprint density at radius 1 is 1.30 bits per heavy atom. The summed E-state index contributed by atoms with van der Waals surface area (Å²) in [4.78, 5) is 8.19. The van der Waals surface area contributed by atoms with Gasteiger partial charge in [-0.2, -0.15) is 0 Å². The molecule has 0 saturated carbocycles. The molecule has 2 rings (SSSR count). The molecule has 0 amide bonds. The third-order valence-electron chi connectivity index (χ3n) is 2.92. The molecule has 0 aliphatic rings. The van der Waals surface area contributed by atoms with Crippen molar-refractivity contribution in [1.82, 2.24) is 15.3 Å². The Balaban J connectivity index is 2.14. The number of hydrogen-bond donors (Lipinski definition) is 1. The Labute approximate surface area is 118 Å². The minimum atomic E-state index is -0.270. The van der Waals surface area contributed by atoms with E-state index in [2.05, 4.69) is 15.3 Å². The second-order valence-corrected chi connectivity index (χ2v) is 4.42. The van der Waals surface area contributed by atoms with E-state index in [4.69, 9.17) is 4.74 Å². The smallest absolute Gasteiger partial charge is 0.166 e. The first kappa shape index (κ1) is 14.4. The monoisotopic (exact) mass is 275 g/mol. The molecule has 0 radical (unpaired) electrons. The second-order valence-electron chi connectivity index (χ2n) is 4.42. The molecule has 0 aliphatic carbocycles. The molecule has 2 aromatic rings. The molecule has 20 heavy (non-hydrogen) atoms. The van der Waals surface area contributed by atoms with Crippen LogP contribution in [0.4, 0.5) is 4.39 Å². The van der Waals surface area contributed by atoms with Crippen LogP contribution < -0.4 is 10.1 Å². The predicted molar refractivity (Wildman–Crippen MR) is 74.9 cm³/mol. The lowest BCUT2D eigenvalue weighted by atomic mass is 10.1. The van der Waals surface area contributed by atoms with Gasteiger partial charge in [-0.05, 0) is 37.7 Å². The number of rotatable bonds is 6. The summed E-state index contributed by atoms with van der Waals surface area (Å²) in [5, 5.41) is 3.25. The van der Waals surface area contributed by atoms with Gasteiger partial charge in [0.25, 0.3) is 0 Å². The van der Waals surface area contributed by atoms with Crippen molar-refractivity contribution in [3.8, 4) is 5.75 Å². The normalized spacial score (nSPS) is 12.2. The summed E-state index contributed by atoms with van der Waals surface area (Å²) in [5.41, 5.74) is 0.794. The van der Waals surface area contributed by atoms with Gasteiger partial charge in [0.05, 0.1) is 0 Å². The van der Waals surface area contributed by atoms with Crippen LogP contribution in [0, 0.1) is 5.82 Å². The molecular formula is C15H18FN3O. The SMILES string of the molecule is CCNC(C)c1cc(F)ccc1OCc1ncccn1. The lowest BCUT2D eigenvalue weighted by molar-refractivity contribution is 0.289. The van der Waals surface area contributed by atoms with Crippen LogP contribution in [0.15, 0.2) is 36.7 Å². The summed E-state index contributed by atoms with van der Waals surface area (Å²) >= 11 is 0. The first-order chi connectivity index (χ1) is 9.70. The second kappa shape index (κ2) is 6.96. The molecule has 0 aliphatic heterocycles. The zero-order chi connectivity index (χ0) is 14.4. The summed E-state index contributed by atoms with van der Waals surface area (Å²) < 4.78 is 19.1. The van der Waals surface area contributed by atoms with Gasteiger partial charge in [0.1, 0.15) is 18.2 Å². The highest BCUT2D eigenvalue weighted by Crippen LogP contribution is 2.26. The van der Waals surface area contributed by atoms with Crippen LogP contribution in [0.25, 0.3) is 0 Å². The topological polar surface area (TPSA) is 47.0 Å². The quantitative estimate of drug-likeness (QED) is 0.880.